The molecule has 0 aromatic carbocycles. The molecule has 16 heavy (non-hydrogen) atoms. The van der Waals surface area contributed by atoms with Crippen LogP contribution < -0.4 is 11.1 Å². The minimum Gasteiger partial charge on any atom is -0.382 e. The summed E-state index contributed by atoms with van der Waals surface area (Å²) in [6.45, 7) is 3.35. The third kappa shape index (κ3) is 2.84. The molecule has 1 heterocycles. The first-order valence-electron chi connectivity index (χ1n) is 6.09. The number of anilines is 2. The molecule has 0 aliphatic heterocycles. The average Bonchev–Trinajstić information content (AvgIpc) is 2.30. The predicted molar refractivity (Wildman–Crippen MR) is 66.1 cm³/mol. The number of nitrogen functional groups attached to an aromatic ring is 1. The van der Waals surface area contributed by atoms with Crippen LogP contribution in [-0.4, -0.2) is 16.7 Å². The van der Waals surface area contributed by atoms with Crippen LogP contribution in [0, 0.1) is 11.8 Å². The maximum atomic E-state index is 5.49. The van der Waals surface area contributed by atoms with Crippen molar-refractivity contribution in [3.05, 3.63) is 12.1 Å². The van der Waals surface area contributed by atoms with E-state index in [2.05, 4.69) is 22.4 Å². The molecule has 0 radical (unpaired) electrons. The van der Waals surface area contributed by atoms with E-state index in [9.17, 15) is 0 Å². The van der Waals surface area contributed by atoms with Crippen LogP contribution in [0.5, 0.6) is 0 Å². The maximum Gasteiger partial charge on any atom is 0.148 e. The molecule has 0 spiro atoms. The number of hydrogen-bond donors (Lipinski definition) is 2. The van der Waals surface area contributed by atoms with Gasteiger partial charge in [-0.1, -0.05) is 26.2 Å². The highest BCUT2D eigenvalue weighted by atomic mass is 15.2. The molecule has 4 nitrogen and oxygen atoms in total. The van der Waals surface area contributed by atoms with Crippen molar-refractivity contribution in [3.8, 4) is 0 Å². The molecule has 0 saturated heterocycles. The monoisotopic (exact) mass is 220 g/mol. The molecule has 1 saturated carbocycles. The van der Waals surface area contributed by atoms with Crippen LogP contribution in [0.2, 0.25) is 0 Å². The summed E-state index contributed by atoms with van der Waals surface area (Å²) in [4.78, 5) is 0. The van der Waals surface area contributed by atoms with Gasteiger partial charge in [0.25, 0.3) is 0 Å². The van der Waals surface area contributed by atoms with E-state index < -0.39 is 0 Å². The Morgan fingerprint density at radius 2 is 2.12 bits per heavy atom. The molecular formula is C12H20N4. The van der Waals surface area contributed by atoms with Gasteiger partial charge in [0.2, 0.25) is 0 Å². The van der Waals surface area contributed by atoms with Gasteiger partial charge in [0, 0.05) is 6.54 Å². The molecule has 1 fully saturated rings. The molecule has 4 heteroatoms. The lowest BCUT2D eigenvalue weighted by Gasteiger charge is -2.28. The Kier molecular flexibility index (Phi) is 3.59. The molecule has 2 rings (SSSR count). The molecular weight excluding hydrogens is 200 g/mol. The second-order valence-electron chi connectivity index (χ2n) is 4.75. The summed E-state index contributed by atoms with van der Waals surface area (Å²) in [5.74, 6) is 2.89. The molecule has 1 aliphatic carbocycles. The van der Waals surface area contributed by atoms with E-state index >= 15 is 0 Å². The zero-order valence-corrected chi connectivity index (χ0v) is 9.82. The van der Waals surface area contributed by atoms with Gasteiger partial charge in [0.05, 0.1) is 0 Å². The van der Waals surface area contributed by atoms with Gasteiger partial charge in [-0.15, -0.1) is 10.2 Å². The number of hydrogen-bond acceptors (Lipinski definition) is 4. The van der Waals surface area contributed by atoms with Crippen molar-refractivity contribution in [2.75, 3.05) is 17.6 Å². The first-order chi connectivity index (χ1) is 7.75. The molecule has 2 atom stereocenters. The fraction of sp³-hybridized carbons (Fsp3) is 0.667. The van der Waals surface area contributed by atoms with Gasteiger partial charge in [-0.25, -0.2) is 0 Å². The van der Waals surface area contributed by atoms with Crippen molar-refractivity contribution in [1.82, 2.24) is 10.2 Å². The van der Waals surface area contributed by atoms with Crippen LogP contribution in [0.25, 0.3) is 0 Å². The normalized spacial score (nSPS) is 25.3. The third-order valence-corrected chi connectivity index (χ3v) is 3.52. The fourth-order valence-corrected chi connectivity index (χ4v) is 2.37. The van der Waals surface area contributed by atoms with Crippen molar-refractivity contribution in [3.63, 3.8) is 0 Å². The second kappa shape index (κ2) is 5.14. The number of nitrogens with one attached hydrogen (secondary N) is 1. The summed E-state index contributed by atoms with van der Waals surface area (Å²) in [5, 5.41) is 11.2. The zero-order chi connectivity index (χ0) is 11.4. The third-order valence-electron chi connectivity index (χ3n) is 3.52. The van der Waals surface area contributed by atoms with E-state index in [-0.39, 0.29) is 0 Å². The minimum atomic E-state index is 0.469. The van der Waals surface area contributed by atoms with Crippen LogP contribution in [0.15, 0.2) is 12.1 Å². The average molecular weight is 220 g/mol. The van der Waals surface area contributed by atoms with Gasteiger partial charge in [-0.05, 0) is 30.4 Å². The van der Waals surface area contributed by atoms with Crippen LogP contribution in [-0.2, 0) is 0 Å². The van der Waals surface area contributed by atoms with E-state index in [0.717, 1.165) is 24.2 Å². The summed E-state index contributed by atoms with van der Waals surface area (Å²) < 4.78 is 0. The summed E-state index contributed by atoms with van der Waals surface area (Å²) in [7, 11) is 0. The van der Waals surface area contributed by atoms with Crippen molar-refractivity contribution >= 4 is 11.6 Å². The van der Waals surface area contributed by atoms with Crippen LogP contribution in [0.3, 0.4) is 0 Å². The number of rotatable bonds is 3. The smallest absolute Gasteiger partial charge is 0.148 e. The molecule has 1 aromatic heterocycles. The molecule has 2 unspecified atom stereocenters. The van der Waals surface area contributed by atoms with E-state index in [0.29, 0.717) is 5.82 Å². The molecule has 1 aromatic rings. The SMILES string of the molecule is CC1CCCCC1CNc1ccc(N)nn1. The first kappa shape index (κ1) is 11.2. The van der Waals surface area contributed by atoms with Crippen molar-refractivity contribution in [1.29, 1.82) is 0 Å². The minimum absolute atomic E-state index is 0.469. The summed E-state index contributed by atoms with van der Waals surface area (Å²) in [6.07, 6.45) is 5.44. The largest absolute Gasteiger partial charge is 0.382 e. The van der Waals surface area contributed by atoms with E-state index in [4.69, 9.17) is 5.73 Å². The Labute approximate surface area is 96.6 Å². The molecule has 1 aliphatic rings. The van der Waals surface area contributed by atoms with Crippen molar-refractivity contribution < 1.29 is 0 Å². The van der Waals surface area contributed by atoms with Crippen LogP contribution >= 0.6 is 0 Å². The Morgan fingerprint density at radius 3 is 2.81 bits per heavy atom. The molecule has 0 bridgehead atoms. The van der Waals surface area contributed by atoms with E-state index in [1.165, 1.54) is 25.7 Å². The van der Waals surface area contributed by atoms with Gasteiger partial charge < -0.3 is 11.1 Å². The maximum absolute atomic E-state index is 5.49. The molecule has 0 amide bonds. The van der Waals surface area contributed by atoms with Gasteiger partial charge in [-0.2, -0.15) is 0 Å². The summed E-state index contributed by atoms with van der Waals surface area (Å²) in [5.41, 5.74) is 5.49. The standard InChI is InChI=1S/C12H20N4/c1-9-4-2-3-5-10(9)8-14-12-7-6-11(13)15-16-12/h6-7,9-10H,2-5,8H2,1H3,(H2,13,15)(H,14,16). The topological polar surface area (TPSA) is 63.8 Å². The molecule has 88 valence electrons. The lowest BCUT2D eigenvalue weighted by Crippen LogP contribution is -2.24. The van der Waals surface area contributed by atoms with Gasteiger partial charge in [-0.3, -0.25) is 0 Å². The highest BCUT2D eigenvalue weighted by Crippen LogP contribution is 2.29. The molecule has 3 N–H and O–H groups in total. The number of nitrogens with two attached hydrogens (primary N) is 1. The van der Waals surface area contributed by atoms with Crippen LogP contribution in [0.1, 0.15) is 32.6 Å². The number of aromatic nitrogens is 2. The number of nitrogens with zero attached hydrogens (tertiary/aromatic N) is 2. The Hall–Kier alpha value is -1.32. The second-order valence-corrected chi connectivity index (χ2v) is 4.75. The Bertz CT molecular complexity index is 322. The Morgan fingerprint density at radius 1 is 1.31 bits per heavy atom. The van der Waals surface area contributed by atoms with Gasteiger partial charge >= 0.3 is 0 Å². The van der Waals surface area contributed by atoms with Gasteiger partial charge in [0.1, 0.15) is 11.6 Å². The summed E-state index contributed by atoms with van der Waals surface area (Å²) >= 11 is 0. The highest BCUT2D eigenvalue weighted by molar-refractivity contribution is 5.38. The van der Waals surface area contributed by atoms with E-state index in [1.807, 2.05) is 6.07 Å². The summed E-state index contributed by atoms with van der Waals surface area (Å²) in [6, 6.07) is 3.66. The zero-order valence-electron chi connectivity index (χ0n) is 9.82. The lowest BCUT2D eigenvalue weighted by molar-refractivity contribution is 0.268. The van der Waals surface area contributed by atoms with Gasteiger partial charge in [0.15, 0.2) is 0 Å². The fourth-order valence-electron chi connectivity index (χ4n) is 2.37. The quantitative estimate of drug-likeness (QED) is 0.820. The lowest BCUT2D eigenvalue weighted by atomic mass is 9.80. The van der Waals surface area contributed by atoms with E-state index in [1.54, 1.807) is 6.07 Å². The van der Waals surface area contributed by atoms with Crippen molar-refractivity contribution in [2.45, 2.75) is 32.6 Å². The predicted octanol–water partition coefficient (Wildman–Crippen LogP) is 2.30. The van der Waals surface area contributed by atoms with Crippen molar-refractivity contribution in [2.24, 2.45) is 11.8 Å². The Balaban J connectivity index is 1.84. The first-order valence-corrected chi connectivity index (χ1v) is 6.09. The highest BCUT2D eigenvalue weighted by Gasteiger charge is 2.20. The van der Waals surface area contributed by atoms with Crippen LogP contribution in [0.4, 0.5) is 11.6 Å².